The number of aromatic nitrogens is 1. The van der Waals surface area contributed by atoms with Crippen molar-refractivity contribution in [3.63, 3.8) is 0 Å². The number of nitrogens with zero attached hydrogens (tertiary/aromatic N) is 1. The van der Waals surface area contributed by atoms with Crippen molar-refractivity contribution in [2.24, 2.45) is 0 Å². The largest absolute Gasteiger partial charge is 0.496 e. The minimum atomic E-state index is -0.611. The molecule has 0 saturated heterocycles. The summed E-state index contributed by atoms with van der Waals surface area (Å²) < 4.78 is 12.9. The van der Waals surface area contributed by atoms with E-state index in [0.717, 1.165) is 31.4 Å². The fraction of sp³-hybridized carbons (Fsp3) is 0.261. The van der Waals surface area contributed by atoms with E-state index in [2.05, 4.69) is 21.7 Å². The number of thiazole rings is 1. The first-order valence-electron chi connectivity index (χ1n) is 10.1. The van der Waals surface area contributed by atoms with Crippen LogP contribution in [0.25, 0.3) is 10.2 Å². The first kappa shape index (κ1) is 22.2. The molecule has 1 aliphatic rings. The summed E-state index contributed by atoms with van der Waals surface area (Å²) in [4.78, 5) is 29.4. The van der Waals surface area contributed by atoms with E-state index in [0.29, 0.717) is 17.0 Å². The van der Waals surface area contributed by atoms with Crippen molar-refractivity contribution < 1.29 is 19.1 Å². The minimum absolute atomic E-state index is 0.253. The third kappa shape index (κ3) is 4.58. The highest BCUT2D eigenvalue weighted by atomic mass is 32.2. The van der Waals surface area contributed by atoms with Crippen LogP contribution in [0.3, 0.4) is 0 Å². The molecule has 1 aliphatic heterocycles. The maximum absolute atomic E-state index is 12.6. The number of thioether (sulfide) groups is 1. The zero-order chi connectivity index (χ0) is 22.7. The van der Waals surface area contributed by atoms with Crippen LogP contribution in [-0.4, -0.2) is 30.7 Å². The third-order valence-electron chi connectivity index (χ3n) is 5.03. The molecule has 0 bridgehead atoms. The van der Waals surface area contributed by atoms with Crippen LogP contribution in [0.4, 0.5) is 4.79 Å². The number of benzene rings is 2. The van der Waals surface area contributed by atoms with Gasteiger partial charge in [0.2, 0.25) is 0 Å². The summed E-state index contributed by atoms with van der Waals surface area (Å²) >= 11 is 3.27. The minimum Gasteiger partial charge on any atom is -0.496 e. The van der Waals surface area contributed by atoms with Crippen LogP contribution < -0.4 is 15.4 Å². The smallest absolute Gasteiger partial charge is 0.338 e. The number of urea groups is 1. The summed E-state index contributed by atoms with van der Waals surface area (Å²) in [5.74, 6) is 0.914. The van der Waals surface area contributed by atoms with E-state index >= 15 is 0 Å². The average molecular weight is 470 g/mol. The topological polar surface area (TPSA) is 89.5 Å². The second-order valence-corrected chi connectivity index (χ2v) is 9.35. The number of esters is 1. The molecule has 166 valence electrons. The molecular formula is C23H23N3O4S2. The Morgan fingerprint density at radius 2 is 2.06 bits per heavy atom. The van der Waals surface area contributed by atoms with Gasteiger partial charge in [-0.15, -0.1) is 11.3 Å². The highest BCUT2D eigenvalue weighted by molar-refractivity contribution is 8.00. The molecule has 2 aromatic carbocycles. The Balaban J connectivity index is 1.63. The molecule has 2 N–H and O–H groups in total. The van der Waals surface area contributed by atoms with Crippen molar-refractivity contribution in [3.8, 4) is 5.75 Å². The van der Waals surface area contributed by atoms with Crippen molar-refractivity contribution in [1.29, 1.82) is 0 Å². The average Bonchev–Trinajstić information content (AvgIpc) is 3.20. The lowest BCUT2D eigenvalue weighted by Crippen LogP contribution is -2.45. The Morgan fingerprint density at radius 1 is 1.25 bits per heavy atom. The van der Waals surface area contributed by atoms with E-state index in [1.54, 1.807) is 44.1 Å². The van der Waals surface area contributed by atoms with Crippen molar-refractivity contribution in [1.82, 2.24) is 15.6 Å². The number of para-hydroxylation sites is 1. The number of allylic oxidation sites excluding steroid dienone is 1. The Morgan fingerprint density at radius 3 is 2.81 bits per heavy atom. The van der Waals surface area contributed by atoms with Crippen LogP contribution in [0.2, 0.25) is 0 Å². The van der Waals surface area contributed by atoms with E-state index in [1.807, 2.05) is 36.4 Å². The first-order chi connectivity index (χ1) is 15.5. The first-order valence-corrected chi connectivity index (χ1v) is 11.9. The molecular weight excluding hydrogens is 446 g/mol. The number of hydrogen-bond donors (Lipinski definition) is 2. The molecule has 2 heterocycles. The molecule has 0 radical (unpaired) electrons. The number of ether oxygens (including phenoxy) is 2. The lowest BCUT2D eigenvalue weighted by atomic mass is 9.94. The van der Waals surface area contributed by atoms with Gasteiger partial charge < -0.3 is 20.1 Å². The normalized spacial score (nSPS) is 16.0. The Bertz CT molecular complexity index is 1170. The van der Waals surface area contributed by atoms with E-state index < -0.39 is 12.0 Å². The van der Waals surface area contributed by atoms with Gasteiger partial charge in [-0.25, -0.2) is 14.6 Å². The van der Waals surface area contributed by atoms with E-state index in [-0.39, 0.29) is 12.6 Å². The molecule has 0 fully saturated rings. The van der Waals surface area contributed by atoms with Crippen LogP contribution in [0, 0.1) is 0 Å². The Kier molecular flexibility index (Phi) is 6.66. The fourth-order valence-corrected chi connectivity index (χ4v) is 5.61. The van der Waals surface area contributed by atoms with Gasteiger partial charge in [-0.05, 0) is 43.7 Å². The lowest BCUT2D eigenvalue weighted by Gasteiger charge is -2.28. The van der Waals surface area contributed by atoms with Gasteiger partial charge >= 0.3 is 12.0 Å². The highest BCUT2D eigenvalue weighted by Gasteiger charge is 2.32. The maximum Gasteiger partial charge on any atom is 0.338 e. The fourth-order valence-electron chi connectivity index (χ4n) is 3.57. The van der Waals surface area contributed by atoms with Gasteiger partial charge in [0.1, 0.15) is 5.75 Å². The second-order valence-electron chi connectivity index (χ2n) is 7.10. The summed E-state index contributed by atoms with van der Waals surface area (Å²) in [5, 5.41) is 5.50. The van der Waals surface area contributed by atoms with Crippen LogP contribution in [0.15, 0.2) is 58.1 Å². The lowest BCUT2D eigenvalue weighted by molar-refractivity contribution is -0.139. The predicted octanol–water partition coefficient (Wildman–Crippen LogP) is 4.79. The third-order valence-corrected chi connectivity index (χ3v) is 7.26. The Hall–Kier alpha value is -3.04. The van der Waals surface area contributed by atoms with Gasteiger partial charge in [0, 0.05) is 17.0 Å². The zero-order valence-electron chi connectivity index (χ0n) is 17.9. The van der Waals surface area contributed by atoms with E-state index in [1.165, 1.54) is 0 Å². The molecule has 2 amide bonds. The van der Waals surface area contributed by atoms with Crippen LogP contribution in [0.5, 0.6) is 5.75 Å². The van der Waals surface area contributed by atoms with Crippen molar-refractivity contribution in [2.45, 2.75) is 30.0 Å². The summed E-state index contributed by atoms with van der Waals surface area (Å²) in [5.41, 5.74) is 3.59. The van der Waals surface area contributed by atoms with Crippen LogP contribution in [0.1, 0.15) is 31.0 Å². The second kappa shape index (κ2) is 9.62. The summed E-state index contributed by atoms with van der Waals surface area (Å²) in [7, 11) is 1.63. The number of methoxy groups -OCH3 is 1. The quantitative estimate of drug-likeness (QED) is 0.382. The molecule has 32 heavy (non-hydrogen) atoms. The van der Waals surface area contributed by atoms with Gasteiger partial charge in [0.05, 0.1) is 35.5 Å². The molecule has 3 aromatic rings. The standard InChI is InChI=1S/C23H23N3O4S2/c1-4-30-21(27)19-13(2)24-22(28)26-20(19)14-9-10-17(29-3)15(11-14)12-31-23-25-16-7-5-6-8-18(16)32-23/h5-11,20H,4,12H2,1-3H3,(H2,24,26,28). The van der Waals surface area contributed by atoms with Gasteiger partial charge in [-0.2, -0.15) is 0 Å². The number of nitrogens with one attached hydrogen (secondary N) is 2. The van der Waals surface area contributed by atoms with Gasteiger partial charge in [0.15, 0.2) is 4.34 Å². The number of amides is 2. The SMILES string of the molecule is CCOC(=O)C1=C(C)NC(=O)NC1c1ccc(OC)c(CSc2nc3ccccc3s2)c1. The molecule has 9 heteroatoms. The molecule has 1 aromatic heterocycles. The molecule has 0 aliphatic carbocycles. The molecule has 0 spiro atoms. The molecule has 7 nitrogen and oxygen atoms in total. The summed E-state index contributed by atoms with van der Waals surface area (Å²) in [6.07, 6.45) is 0. The highest BCUT2D eigenvalue weighted by Crippen LogP contribution is 2.36. The number of carbonyl (C=O) groups excluding carboxylic acids is 2. The predicted molar refractivity (Wildman–Crippen MR) is 126 cm³/mol. The molecule has 4 rings (SSSR count). The van der Waals surface area contributed by atoms with Gasteiger partial charge in [-0.3, -0.25) is 0 Å². The molecule has 1 unspecified atom stereocenters. The zero-order valence-corrected chi connectivity index (χ0v) is 19.6. The van der Waals surface area contributed by atoms with Gasteiger partial charge in [0.25, 0.3) is 0 Å². The summed E-state index contributed by atoms with van der Waals surface area (Å²) in [6, 6.07) is 12.7. The maximum atomic E-state index is 12.6. The summed E-state index contributed by atoms with van der Waals surface area (Å²) in [6.45, 7) is 3.71. The van der Waals surface area contributed by atoms with Crippen molar-refractivity contribution in [2.75, 3.05) is 13.7 Å². The number of carbonyl (C=O) groups is 2. The van der Waals surface area contributed by atoms with Crippen LogP contribution in [-0.2, 0) is 15.3 Å². The number of hydrogen-bond acceptors (Lipinski definition) is 7. The molecule has 0 saturated carbocycles. The Labute approximate surface area is 194 Å². The van der Waals surface area contributed by atoms with E-state index in [4.69, 9.17) is 9.47 Å². The monoisotopic (exact) mass is 469 g/mol. The van der Waals surface area contributed by atoms with Gasteiger partial charge in [-0.1, -0.05) is 30.0 Å². The van der Waals surface area contributed by atoms with Crippen molar-refractivity contribution in [3.05, 3.63) is 64.9 Å². The van der Waals surface area contributed by atoms with E-state index in [9.17, 15) is 9.59 Å². The van der Waals surface area contributed by atoms with Crippen LogP contribution >= 0.6 is 23.1 Å². The molecule has 1 atom stereocenters. The number of rotatable bonds is 7. The van der Waals surface area contributed by atoms with Crippen molar-refractivity contribution >= 4 is 45.3 Å². The number of fused-ring (bicyclic) bond motifs is 1.